The average molecular weight is 276 g/mol. The summed E-state index contributed by atoms with van der Waals surface area (Å²) in [7, 11) is 0. The molecule has 0 amide bonds. The lowest BCUT2D eigenvalue weighted by molar-refractivity contribution is -0.0199. The summed E-state index contributed by atoms with van der Waals surface area (Å²) in [5.74, 6) is 0.713. The van der Waals surface area contributed by atoms with E-state index in [1.165, 1.54) is 12.0 Å². The zero-order chi connectivity index (χ0) is 14.4. The minimum Gasteiger partial charge on any atom is -0.392 e. The fourth-order valence-corrected chi connectivity index (χ4v) is 3.32. The van der Waals surface area contributed by atoms with Gasteiger partial charge in [-0.15, -0.1) is 0 Å². The van der Waals surface area contributed by atoms with Gasteiger partial charge in [-0.25, -0.2) is 0 Å². The van der Waals surface area contributed by atoms with Crippen LogP contribution in [-0.4, -0.2) is 24.4 Å². The van der Waals surface area contributed by atoms with E-state index in [1.807, 2.05) is 6.07 Å². The Morgan fingerprint density at radius 2 is 1.75 bits per heavy atom. The summed E-state index contributed by atoms with van der Waals surface area (Å²) >= 11 is 0. The minimum absolute atomic E-state index is 0.101. The van der Waals surface area contributed by atoms with Crippen molar-refractivity contribution in [1.82, 2.24) is 0 Å². The zero-order valence-electron chi connectivity index (χ0n) is 12.8. The Morgan fingerprint density at radius 1 is 1.10 bits per heavy atom. The minimum atomic E-state index is -0.257. The van der Waals surface area contributed by atoms with Crippen LogP contribution in [-0.2, 0) is 10.2 Å². The van der Waals surface area contributed by atoms with E-state index < -0.39 is 0 Å². The van der Waals surface area contributed by atoms with Gasteiger partial charge in [0.05, 0.1) is 6.10 Å². The number of rotatable bonds is 6. The van der Waals surface area contributed by atoms with E-state index in [-0.39, 0.29) is 11.5 Å². The quantitative estimate of drug-likeness (QED) is 0.853. The summed E-state index contributed by atoms with van der Waals surface area (Å²) in [6.07, 6.45) is 4.80. The predicted molar refractivity (Wildman–Crippen MR) is 82.9 cm³/mol. The third-order valence-corrected chi connectivity index (χ3v) is 4.63. The number of hydrogen-bond acceptors (Lipinski definition) is 2. The smallest absolute Gasteiger partial charge is 0.0638 e. The first-order chi connectivity index (χ1) is 9.65. The van der Waals surface area contributed by atoms with Crippen LogP contribution in [0.4, 0.5) is 0 Å². The predicted octanol–water partition coefficient (Wildman–Crippen LogP) is 3.92. The summed E-state index contributed by atoms with van der Waals surface area (Å²) in [6, 6.07) is 10.5. The largest absolute Gasteiger partial charge is 0.392 e. The monoisotopic (exact) mass is 276 g/mol. The highest BCUT2D eigenvalue weighted by molar-refractivity contribution is 5.27. The first-order valence-electron chi connectivity index (χ1n) is 7.96. The molecule has 20 heavy (non-hydrogen) atoms. The van der Waals surface area contributed by atoms with Gasteiger partial charge in [0.1, 0.15) is 0 Å². The summed E-state index contributed by atoms with van der Waals surface area (Å²) < 4.78 is 5.53. The molecule has 112 valence electrons. The second-order valence-corrected chi connectivity index (χ2v) is 6.48. The molecular formula is C18H28O2. The van der Waals surface area contributed by atoms with E-state index in [2.05, 4.69) is 38.1 Å². The Hall–Kier alpha value is -0.860. The highest BCUT2D eigenvalue weighted by Gasteiger charge is 2.40. The molecule has 0 spiro atoms. The van der Waals surface area contributed by atoms with Crippen molar-refractivity contribution >= 4 is 0 Å². The van der Waals surface area contributed by atoms with Gasteiger partial charge in [-0.1, -0.05) is 57.0 Å². The molecule has 1 saturated heterocycles. The fraction of sp³-hybridized carbons (Fsp3) is 0.667. The number of ether oxygens (including phenoxy) is 1. The van der Waals surface area contributed by atoms with Gasteiger partial charge in [-0.2, -0.15) is 0 Å². The van der Waals surface area contributed by atoms with Crippen LogP contribution < -0.4 is 0 Å². The SMILES string of the molecule is CC(C)CCCC(O)C1(c2ccccc2)CCOCC1. The van der Waals surface area contributed by atoms with Gasteiger partial charge < -0.3 is 9.84 Å². The topological polar surface area (TPSA) is 29.5 Å². The Morgan fingerprint density at radius 3 is 2.35 bits per heavy atom. The van der Waals surface area contributed by atoms with Crippen molar-refractivity contribution in [2.75, 3.05) is 13.2 Å². The molecule has 0 bridgehead atoms. The summed E-state index contributed by atoms with van der Waals surface area (Å²) in [6.45, 7) is 6.01. The van der Waals surface area contributed by atoms with Gasteiger partial charge in [0.2, 0.25) is 0 Å². The van der Waals surface area contributed by atoms with Crippen LogP contribution in [0.2, 0.25) is 0 Å². The Balaban J connectivity index is 2.10. The van der Waals surface area contributed by atoms with Crippen LogP contribution in [0.5, 0.6) is 0 Å². The van der Waals surface area contributed by atoms with E-state index in [9.17, 15) is 5.11 Å². The van der Waals surface area contributed by atoms with Crippen LogP contribution in [0.1, 0.15) is 51.5 Å². The van der Waals surface area contributed by atoms with Crippen molar-refractivity contribution in [3.8, 4) is 0 Å². The molecule has 2 rings (SSSR count). The number of hydrogen-bond donors (Lipinski definition) is 1. The van der Waals surface area contributed by atoms with E-state index in [0.717, 1.165) is 38.9 Å². The molecule has 1 aliphatic heterocycles. The maximum absolute atomic E-state index is 10.8. The molecule has 1 aromatic carbocycles. The van der Waals surface area contributed by atoms with Crippen molar-refractivity contribution in [3.05, 3.63) is 35.9 Å². The molecule has 1 unspecified atom stereocenters. The highest BCUT2D eigenvalue weighted by atomic mass is 16.5. The first-order valence-corrected chi connectivity index (χ1v) is 7.96. The normalized spacial score (nSPS) is 20.0. The molecule has 0 aromatic heterocycles. The van der Waals surface area contributed by atoms with Crippen molar-refractivity contribution in [2.45, 2.75) is 57.5 Å². The second-order valence-electron chi connectivity index (χ2n) is 6.48. The van der Waals surface area contributed by atoms with Gasteiger partial charge >= 0.3 is 0 Å². The molecule has 1 atom stereocenters. The molecule has 2 heteroatoms. The summed E-state index contributed by atoms with van der Waals surface area (Å²) in [5, 5.41) is 10.8. The van der Waals surface area contributed by atoms with Crippen molar-refractivity contribution < 1.29 is 9.84 Å². The lowest BCUT2D eigenvalue weighted by Gasteiger charge is -2.41. The molecular weight excluding hydrogens is 248 g/mol. The number of benzene rings is 1. The third-order valence-electron chi connectivity index (χ3n) is 4.63. The van der Waals surface area contributed by atoms with Crippen LogP contribution in [0.25, 0.3) is 0 Å². The van der Waals surface area contributed by atoms with Crippen LogP contribution in [0.3, 0.4) is 0 Å². The maximum atomic E-state index is 10.8. The van der Waals surface area contributed by atoms with Crippen LogP contribution in [0.15, 0.2) is 30.3 Å². The molecule has 1 N–H and O–H groups in total. The third kappa shape index (κ3) is 3.62. The van der Waals surface area contributed by atoms with Crippen molar-refractivity contribution in [2.24, 2.45) is 5.92 Å². The number of aliphatic hydroxyl groups excluding tert-OH is 1. The van der Waals surface area contributed by atoms with Crippen molar-refractivity contribution in [3.63, 3.8) is 0 Å². The van der Waals surface area contributed by atoms with Gasteiger partial charge in [0.15, 0.2) is 0 Å². The van der Waals surface area contributed by atoms with Crippen LogP contribution in [0, 0.1) is 5.92 Å². The molecule has 1 heterocycles. The van der Waals surface area contributed by atoms with Crippen molar-refractivity contribution in [1.29, 1.82) is 0 Å². The van der Waals surface area contributed by atoms with E-state index in [0.29, 0.717) is 5.92 Å². The molecule has 0 aliphatic carbocycles. The Bertz CT molecular complexity index is 380. The fourth-order valence-electron chi connectivity index (χ4n) is 3.32. The molecule has 1 aromatic rings. The molecule has 0 radical (unpaired) electrons. The first kappa shape index (κ1) is 15.5. The maximum Gasteiger partial charge on any atom is 0.0638 e. The van der Waals surface area contributed by atoms with E-state index in [4.69, 9.17) is 4.74 Å². The highest BCUT2D eigenvalue weighted by Crippen LogP contribution is 2.39. The Kier molecular flexibility index (Phi) is 5.62. The molecule has 0 saturated carbocycles. The standard InChI is InChI=1S/C18H28O2/c1-15(2)7-6-10-17(19)18(11-13-20-14-12-18)16-8-4-3-5-9-16/h3-5,8-9,15,17,19H,6-7,10-14H2,1-2H3. The zero-order valence-corrected chi connectivity index (χ0v) is 12.8. The van der Waals surface area contributed by atoms with E-state index in [1.54, 1.807) is 0 Å². The lowest BCUT2D eigenvalue weighted by atomic mass is 9.68. The molecule has 1 aliphatic rings. The van der Waals surface area contributed by atoms with Gasteiger partial charge in [0, 0.05) is 18.6 Å². The Labute approximate surface area is 123 Å². The van der Waals surface area contributed by atoms with Gasteiger partial charge in [-0.05, 0) is 30.7 Å². The average Bonchev–Trinajstić information content (AvgIpc) is 2.48. The van der Waals surface area contributed by atoms with Gasteiger partial charge in [0.25, 0.3) is 0 Å². The van der Waals surface area contributed by atoms with E-state index >= 15 is 0 Å². The van der Waals surface area contributed by atoms with Gasteiger partial charge in [-0.3, -0.25) is 0 Å². The summed E-state index contributed by atoms with van der Waals surface area (Å²) in [4.78, 5) is 0. The van der Waals surface area contributed by atoms with Crippen LogP contribution >= 0.6 is 0 Å². The number of aliphatic hydroxyl groups is 1. The molecule has 1 fully saturated rings. The summed E-state index contributed by atoms with van der Waals surface area (Å²) in [5.41, 5.74) is 1.18. The second kappa shape index (κ2) is 7.24. The lowest BCUT2D eigenvalue weighted by Crippen LogP contribution is -2.44. The molecule has 2 nitrogen and oxygen atoms in total.